The number of amides is 1. The van der Waals surface area contributed by atoms with Crippen molar-refractivity contribution in [1.82, 2.24) is 5.32 Å². The zero-order valence-corrected chi connectivity index (χ0v) is 11.2. The van der Waals surface area contributed by atoms with Crippen molar-refractivity contribution >= 4 is 23.4 Å². The Morgan fingerprint density at radius 1 is 1.26 bits per heavy atom. The minimum absolute atomic E-state index is 0.0159. The first kappa shape index (κ1) is 15.7. The average molecular weight is 292 g/mol. The second-order valence-electron chi connectivity index (χ2n) is 3.66. The van der Waals surface area contributed by atoms with Gasteiger partial charge in [0.25, 0.3) is 5.91 Å². The van der Waals surface area contributed by atoms with Crippen molar-refractivity contribution in [2.45, 2.75) is 12.4 Å². The predicted octanol–water partition coefficient (Wildman–Crippen LogP) is 3.10. The fourth-order valence-electron chi connectivity index (χ4n) is 1.38. The van der Waals surface area contributed by atoms with Crippen molar-refractivity contribution in [1.29, 1.82) is 0 Å². The van der Waals surface area contributed by atoms with Crippen LogP contribution in [0, 0.1) is 0 Å². The Morgan fingerprint density at radius 2 is 1.89 bits per heavy atom. The van der Waals surface area contributed by atoms with E-state index in [4.69, 9.17) is 0 Å². The Labute approximate surface area is 114 Å². The van der Waals surface area contributed by atoms with Crippen LogP contribution in [0.1, 0.15) is 17.3 Å². The summed E-state index contributed by atoms with van der Waals surface area (Å²) in [6.45, 7) is 2.72. The summed E-state index contributed by atoms with van der Waals surface area (Å²) in [4.78, 5) is 11.6. The lowest BCUT2D eigenvalue weighted by atomic mass is 10.2. The number of nitrogens with one attached hydrogen (secondary N) is 2. The molecule has 0 heterocycles. The van der Waals surface area contributed by atoms with E-state index < -0.39 is 5.51 Å². The Balaban J connectivity index is 2.37. The molecule has 106 valence electrons. The van der Waals surface area contributed by atoms with Crippen molar-refractivity contribution < 1.29 is 18.0 Å². The molecule has 1 aromatic rings. The number of thioether (sulfide) groups is 1. The maximum absolute atomic E-state index is 11.9. The Hall–Kier alpha value is -1.37. The monoisotopic (exact) mass is 292 g/mol. The second-order valence-corrected chi connectivity index (χ2v) is 4.82. The van der Waals surface area contributed by atoms with Crippen molar-refractivity contribution in [2.75, 3.05) is 24.2 Å². The highest BCUT2D eigenvalue weighted by Gasteiger charge is 2.27. The van der Waals surface area contributed by atoms with Gasteiger partial charge in [-0.05, 0) is 43.0 Å². The van der Waals surface area contributed by atoms with Gasteiger partial charge in [-0.15, -0.1) is 0 Å². The first-order chi connectivity index (χ1) is 8.92. The number of hydrogen-bond donors (Lipinski definition) is 2. The molecule has 0 spiro atoms. The maximum atomic E-state index is 11.9. The van der Waals surface area contributed by atoms with Crippen LogP contribution in [-0.2, 0) is 0 Å². The lowest BCUT2D eigenvalue weighted by molar-refractivity contribution is -0.0327. The third-order valence-electron chi connectivity index (χ3n) is 2.18. The van der Waals surface area contributed by atoms with Crippen LogP contribution in [-0.4, -0.2) is 30.3 Å². The van der Waals surface area contributed by atoms with Crippen LogP contribution < -0.4 is 10.6 Å². The summed E-state index contributed by atoms with van der Waals surface area (Å²) in [5.41, 5.74) is -2.93. The molecule has 7 heteroatoms. The molecule has 0 fully saturated rings. The van der Waals surface area contributed by atoms with Gasteiger partial charge in [0.05, 0.1) is 0 Å². The van der Waals surface area contributed by atoms with Gasteiger partial charge in [0.1, 0.15) is 0 Å². The predicted molar refractivity (Wildman–Crippen MR) is 71.5 cm³/mol. The van der Waals surface area contributed by atoms with Gasteiger partial charge in [-0.25, -0.2) is 0 Å². The average Bonchev–Trinajstić information content (AvgIpc) is 2.34. The number of hydrogen-bond acceptors (Lipinski definition) is 3. The first-order valence-electron chi connectivity index (χ1n) is 5.75. The number of alkyl halides is 3. The molecule has 2 N–H and O–H groups in total. The standard InChI is InChI=1S/C12H15F3N2OS/c1-2-16-10-5-3-9(4-6-10)11(18)17-7-8-19-12(13,14)15/h3-6,16H,2,7-8H2,1H3,(H,17,18). The molecule has 3 nitrogen and oxygen atoms in total. The normalized spacial score (nSPS) is 11.2. The van der Waals surface area contributed by atoms with Gasteiger partial charge in [-0.2, -0.15) is 13.2 Å². The molecule has 0 aliphatic carbocycles. The lowest BCUT2D eigenvalue weighted by Gasteiger charge is -2.08. The molecule has 0 unspecified atom stereocenters. The lowest BCUT2D eigenvalue weighted by Crippen LogP contribution is -2.26. The van der Waals surface area contributed by atoms with Crippen LogP contribution in [0.3, 0.4) is 0 Å². The summed E-state index contributed by atoms with van der Waals surface area (Å²) >= 11 is -0.145. The topological polar surface area (TPSA) is 41.1 Å². The third-order valence-corrected chi connectivity index (χ3v) is 2.92. The van der Waals surface area contributed by atoms with Crippen LogP contribution in [0.2, 0.25) is 0 Å². The van der Waals surface area contributed by atoms with E-state index in [2.05, 4.69) is 10.6 Å². The molecular formula is C12H15F3N2OS. The molecule has 1 amide bonds. The summed E-state index contributed by atoms with van der Waals surface area (Å²) in [5.74, 6) is -0.559. The van der Waals surface area contributed by atoms with Gasteiger partial charge >= 0.3 is 5.51 Å². The molecule has 0 saturated carbocycles. The third kappa shape index (κ3) is 6.37. The van der Waals surface area contributed by atoms with Crippen molar-refractivity contribution in [3.8, 4) is 0 Å². The van der Waals surface area contributed by atoms with Crippen LogP contribution in [0.15, 0.2) is 24.3 Å². The summed E-state index contributed by atoms with van der Waals surface area (Å²) in [7, 11) is 0. The molecule has 1 aromatic carbocycles. The molecule has 1 rings (SSSR count). The van der Waals surface area contributed by atoms with E-state index in [0.717, 1.165) is 12.2 Å². The largest absolute Gasteiger partial charge is 0.441 e. The van der Waals surface area contributed by atoms with E-state index in [1.807, 2.05) is 6.92 Å². The molecule has 0 saturated heterocycles. The number of rotatable bonds is 6. The van der Waals surface area contributed by atoms with Crippen molar-refractivity contribution in [2.24, 2.45) is 0 Å². The van der Waals surface area contributed by atoms with Gasteiger partial charge < -0.3 is 10.6 Å². The number of halogens is 3. The van der Waals surface area contributed by atoms with Crippen LogP contribution in [0.4, 0.5) is 18.9 Å². The summed E-state index contributed by atoms with van der Waals surface area (Å²) in [6.07, 6.45) is 0. The van der Waals surface area contributed by atoms with E-state index in [9.17, 15) is 18.0 Å². The SMILES string of the molecule is CCNc1ccc(C(=O)NCCSC(F)(F)F)cc1. The highest BCUT2D eigenvalue weighted by molar-refractivity contribution is 8.00. The van der Waals surface area contributed by atoms with Crippen molar-refractivity contribution in [3.05, 3.63) is 29.8 Å². The van der Waals surface area contributed by atoms with E-state index in [1.54, 1.807) is 24.3 Å². The number of benzene rings is 1. The summed E-state index contributed by atoms with van der Waals surface area (Å²) < 4.78 is 35.6. The molecular weight excluding hydrogens is 277 g/mol. The fraction of sp³-hybridized carbons (Fsp3) is 0.417. The number of anilines is 1. The minimum Gasteiger partial charge on any atom is -0.385 e. The maximum Gasteiger partial charge on any atom is 0.441 e. The van der Waals surface area contributed by atoms with Gasteiger partial charge in [0.15, 0.2) is 0 Å². The minimum atomic E-state index is -4.25. The highest BCUT2D eigenvalue weighted by Crippen LogP contribution is 2.29. The molecule has 0 aliphatic heterocycles. The molecule has 0 bridgehead atoms. The molecule has 19 heavy (non-hydrogen) atoms. The van der Waals surface area contributed by atoms with Crippen LogP contribution in [0.5, 0.6) is 0 Å². The Morgan fingerprint density at radius 3 is 2.42 bits per heavy atom. The molecule has 0 atom stereocenters. The molecule has 0 aromatic heterocycles. The van der Waals surface area contributed by atoms with E-state index in [0.29, 0.717) is 5.56 Å². The Bertz CT molecular complexity index is 406. The zero-order chi connectivity index (χ0) is 14.3. The highest BCUT2D eigenvalue weighted by atomic mass is 32.2. The summed E-state index contributed by atoms with van der Waals surface area (Å²) in [6, 6.07) is 6.76. The second kappa shape index (κ2) is 7.28. The van der Waals surface area contributed by atoms with Gasteiger partial charge in [-0.3, -0.25) is 4.79 Å². The zero-order valence-electron chi connectivity index (χ0n) is 10.4. The quantitative estimate of drug-likeness (QED) is 0.792. The van der Waals surface area contributed by atoms with E-state index >= 15 is 0 Å². The van der Waals surface area contributed by atoms with Gasteiger partial charge in [0, 0.05) is 30.1 Å². The van der Waals surface area contributed by atoms with Gasteiger partial charge in [0.2, 0.25) is 0 Å². The fourth-order valence-corrected chi connectivity index (χ4v) is 1.81. The summed E-state index contributed by atoms with van der Waals surface area (Å²) in [5, 5.41) is 5.53. The van der Waals surface area contributed by atoms with Crippen LogP contribution >= 0.6 is 11.8 Å². The van der Waals surface area contributed by atoms with E-state index in [1.165, 1.54) is 0 Å². The first-order valence-corrected chi connectivity index (χ1v) is 6.74. The number of carbonyl (C=O) groups excluding carboxylic acids is 1. The smallest absolute Gasteiger partial charge is 0.385 e. The van der Waals surface area contributed by atoms with Crippen molar-refractivity contribution in [3.63, 3.8) is 0 Å². The number of carbonyl (C=O) groups is 1. The molecule has 0 aliphatic rings. The van der Waals surface area contributed by atoms with Crippen LogP contribution in [0.25, 0.3) is 0 Å². The Kier molecular flexibility index (Phi) is 6.01. The van der Waals surface area contributed by atoms with E-state index in [-0.39, 0.29) is 30.0 Å². The molecule has 0 radical (unpaired) electrons. The van der Waals surface area contributed by atoms with Gasteiger partial charge in [-0.1, -0.05) is 0 Å².